The summed E-state index contributed by atoms with van der Waals surface area (Å²) in [5.74, 6) is 0.810. The Morgan fingerprint density at radius 2 is 1.75 bits per heavy atom. The summed E-state index contributed by atoms with van der Waals surface area (Å²) in [5.41, 5.74) is 2.26. The lowest BCUT2D eigenvalue weighted by molar-refractivity contribution is 0.200. The zero-order valence-electron chi connectivity index (χ0n) is 11.2. The monoisotopic (exact) mass is 291 g/mol. The molecule has 2 aromatic carbocycles. The first-order chi connectivity index (χ1) is 9.79. The van der Waals surface area contributed by atoms with Gasteiger partial charge in [-0.3, -0.25) is 0 Å². The van der Waals surface area contributed by atoms with Crippen molar-refractivity contribution >= 4 is 11.6 Å². The Labute approximate surface area is 124 Å². The van der Waals surface area contributed by atoms with E-state index in [2.05, 4.69) is 5.32 Å². The molecule has 0 bridgehead atoms. The van der Waals surface area contributed by atoms with Crippen LogP contribution in [0.1, 0.15) is 11.1 Å². The second kappa shape index (κ2) is 7.90. The fourth-order valence-electron chi connectivity index (χ4n) is 1.89. The van der Waals surface area contributed by atoms with Crippen LogP contribution in [0.25, 0.3) is 0 Å². The maximum absolute atomic E-state index is 8.81. The highest BCUT2D eigenvalue weighted by atomic mass is 35.5. The number of nitrogens with one attached hydrogen (secondary N) is 1. The number of ether oxygens (including phenoxy) is 1. The third-order valence-electron chi connectivity index (χ3n) is 2.88. The normalized spacial score (nSPS) is 10.5. The van der Waals surface area contributed by atoms with E-state index in [4.69, 9.17) is 21.4 Å². The third kappa shape index (κ3) is 4.53. The van der Waals surface area contributed by atoms with E-state index in [9.17, 15) is 0 Å². The molecule has 2 rings (SSSR count). The predicted octanol–water partition coefficient (Wildman–Crippen LogP) is 3.00. The van der Waals surface area contributed by atoms with Gasteiger partial charge in [0.2, 0.25) is 0 Å². The van der Waals surface area contributed by atoms with Crippen LogP contribution in [0.2, 0.25) is 5.02 Å². The molecule has 4 heteroatoms. The van der Waals surface area contributed by atoms with Gasteiger partial charge in [0, 0.05) is 23.7 Å². The molecule has 3 nitrogen and oxygen atoms in total. The van der Waals surface area contributed by atoms with Gasteiger partial charge in [0.15, 0.2) is 0 Å². The fourth-order valence-corrected chi connectivity index (χ4v) is 2.02. The maximum atomic E-state index is 8.81. The number of aliphatic hydroxyl groups excluding tert-OH is 1. The van der Waals surface area contributed by atoms with Gasteiger partial charge < -0.3 is 15.2 Å². The smallest absolute Gasteiger partial charge is 0.123 e. The first-order valence-corrected chi connectivity index (χ1v) is 6.94. The largest absolute Gasteiger partial charge is 0.491 e. The minimum absolute atomic E-state index is 0.0204. The van der Waals surface area contributed by atoms with Crippen LogP contribution in [0.4, 0.5) is 0 Å². The summed E-state index contributed by atoms with van der Waals surface area (Å²) in [6.45, 7) is 1.82. The van der Waals surface area contributed by atoms with Crippen LogP contribution >= 0.6 is 11.6 Å². The van der Waals surface area contributed by atoms with Gasteiger partial charge in [-0.1, -0.05) is 41.9 Å². The van der Waals surface area contributed by atoms with E-state index in [1.165, 1.54) is 5.56 Å². The van der Waals surface area contributed by atoms with Crippen LogP contribution in [0.3, 0.4) is 0 Å². The highest BCUT2D eigenvalue weighted by Gasteiger charge is 2.02. The van der Waals surface area contributed by atoms with Gasteiger partial charge in [0.25, 0.3) is 0 Å². The second-order valence-corrected chi connectivity index (χ2v) is 4.85. The molecule has 0 aromatic heterocycles. The van der Waals surface area contributed by atoms with Gasteiger partial charge in [-0.15, -0.1) is 0 Å². The lowest BCUT2D eigenvalue weighted by Gasteiger charge is -2.11. The molecule has 0 amide bonds. The molecule has 0 saturated heterocycles. The van der Waals surface area contributed by atoms with E-state index in [1.54, 1.807) is 0 Å². The van der Waals surface area contributed by atoms with Crippen molar-refractivity contribution in [3.05, 3.63) is 64.7 Å². The summed E-state index contributed by atoms with van der Waals surface area (Å²) in [6, 6.07) is 15.6. The number of benzene rings is 2. The first kappa shape index (κ1) is 14.9. The highest BCUT2D eigenvalue weighted by Crippen LogP contribution is 2.17. The van der Waals surface area contributed by atoms with Gasteiger partial charge in [-0.25, -0.2) is 0 Å². The molecule has 2 N–H and O–H groups in total. The summed E-state index contributed by atoms with van der Waals surface area (Å²) in [6.07, 6.45) is 0. The molecule has 0 atom stereocenters. The van der Waals surface area contributed by atoms with Crippen LogP contribution in [-0.4, -0.2) is 18.3 Å². The topological polar surface area (TPSA) is 41.5 Å². The molecule has 2 aromatic rings. The summed E-state index contributed by atoms with van der Waals surface area (Å²) in [5, 5.41) is 12.9. The number of rotatable bonds is 7. The van der Waals surface area contributed by atoms with Crippen LogP contribution in [0.15, 0.2) is 48.5 Å². The maximum Gasteiger partial charge on any atom is 0.123 e. The predicted molar refractivity (Wildman–Crippen MR) is 81.0 cm³/mol. The number of hydrogen-bond donors (Lipinski definition) is 2. The number of halogens is 1. The Balaban J connectivity index is 1.88. The molecule has 0 unspecified atom stereocenters. The molecule has 0 spiro atoms. The Kier molecular flexibility index (Phi) is 5.87. The van der Waals surface area contributed by atoms with E-state index in [-0.39, 0.29) is 6.61 Å². The SMILES string of the molecule is OCCOc1ccccc1CNCc1ccc(Cl)cc1. The van der Waals surface area contributed by atoms with E-state index in [0.717, 1.165) is 22.9 Å². The zero-order valence-corrected chi connectivity index (χ0v) is 11.9. The molecular weight excluding hydrogens is 274 g/mol. The van der Waals surface area contributed by atoms with Gasteiger partial charge in [-0.2, -0.15) is 0 Å². The van der Waals surface area contributed by atoms with Crippen molar-refractivity contribution in [1.82, 2.24) is 5.32 Å². The standard InChI is InChI=1S/C16H18ClNO2/c17-15-7-5-13(6-8-15)11-18-12-14-3-1-2-4-16(14)20-10-9-19/h1-8,18-19H,9-12H2. The minimum atomic E-state index is 0.0204. The van der Waals surface area contributed by atoms with Gasteiger partial charge >= 0.3 is 0 Å². The first-order valence-electron chi connectivity index (χ1n) is 6.56. The number of para-hydroxylation sites is 1. The Morgan fingerprint density at radius 1 is 1.00 bits per heavy atom. The van der Waals surface area contributed by atoms with Crippen LogP contribution in [0.5, 0.6) is 5.75 Å². The molecule has 0 fully saturated rings. The van der Waals surface area contributed by atoms with Gasteiger partial charge in [0.05, 0.1) is 6.61 Å². The van der Waals surface area contributed by atoms with Crippen molar-refractivity contribution in [1.29, 1.82) is 0 Å². The van der Waals surface area contributed by atoms with Crippen molar-refractivity contribution in [3.63, 3.8) is 0 Å². The van der Waals surface area contributed by atoms with Crippen molar-refractivity contribution in [2.24, 2.45) is 0 Å². The molecule has 0 radical (unpaired) electrons. The van der Waals surface area contributed by atoms with E-state index in [1.807, 2.05) is 48.5 Å². The Bertz CT molecular complexity index is 528. The molecule has 0 aliphatic carbocycles. The fraction of sp³-hybridized carbons (Fsp3) is 0.250. The minimum Gasteiger partial charge on any atom is -0.491 e. The van der Waals surface area contributed by atoms with Crippen molar-refractivity contribution in [2.75, 3.05) is 13.2 Å². The van der Waals surface area contributed by atoms with Crippen LogP contribution in [0, 0.1) is 0 Å². The zero-order chi connectivity index (χ0) is 14.2. The number of aliphatic hydroxyl groups is 1. The Hall–Kier alpha value is -1.55. The molecule has 20 heavy (non-hydrogen) atoms. The van der Waals surface area contributed by atoms with E-state index >= 15 is 0 Å². The molecule has 0 aliphatic heterocycles. The molecule has 0 saturated carbocycles. The second-order valence-electron chi connectivity index (χ2n) is 4.41. The Morgan fingerprint density at radius 3 is 2.50 bits per heavy atom. The van der Waals surface area contributed by atoms with Gasteiger partial charge in [0.1, 0.15) is 12.4 Å². The number of hydrogen-bond acceptors (Lipinski definition) is 3. The molecule has 0 heterocycles. The summed E-state index contributed by atoms with van der Waals surface area (Å²) >= 11 is 5.85. The molecular formula is C16H18ClNO2. The van der Waals surface area contributed by atoms with Crippen LogP contribution < -0.4 is 10.1 Å². The third-order valence-corrected chi connectivity index (χ3v) is 3.13. The van der Waals surface area contributed by atoms with Gasteiger partial charge in [-0.05, 0) is 23.8 Å². The van der Waals surface area contributed by atoms with Crippen LogP contribution in [-0.2, 0) is 13.1 Å². The van der Waals surface area contributed by atoms with E-state index < -0.39 is 0 Å². The van der Waals surface area contributed by atoms with Crippen molar-refractivity contribution < 1.29 is 9.84 Å². The lowest BCUT2D eigenvalue weighted by Crippen LogP contribution is -2.14. The van der Waals surface area contributed by atoms with Crippen molar-refractivity contribution in [3.8, 4) is 5.75 Å². The highest BCUT2D eigenvalue weighted by molar-refractivity contribution is 6.30. The average Bonchev–Trinajstić information content (AvgIpc) is 2.48. The lowest BCUT2D eigenvalue weighted by atomic mass is 10.2. The van der Waals surface area contributed by atoms with E-state index in [0.29, 0.717) is 13.2 Å². The average molecular weight is 292 g/mol. The molecule has 106 valence electrons. The molecule has 0 aliphatic rings. The summed E-state index contributed by atoms with van der Waals surface area (Å²) in [4.78, 5) is 0. The quantitative estimate of drug-likeness (QED) is 0.824. The summed E-state index contributed by atoms with van der Waals surface area (Å²) in [7, 11) is 0. The summed E-state index contributed by atoms with van der Waals surface area (Å²) < 4.78 is 5.50. The van der Waals surface area contributed by atoms with Crippen molar-refractivity contribution in [2.45, 2.75) is 13.1 Å².